The highest BCUT2D eigenvalue weighted by Gasteiger charge is 2.17. The Hall–Kier alpha value is -3.42. The van der Waals surface area contributed by atoms with Crippen LogP contribution in [0.15, 0.2) is 33.9 Å². The molecule has 0 saturated carbocycles. The van der Waals surface area contributed by atoms with E-state index in [1.54, 1.807) is 31.3 Å². The summed E-state index contributed by atoms with van der Waals surface area (Å²) in [4.78, 5) is 41.8. The Bertz CT molecular complexity index is 1220. The van der Waals surface area contributed by atoms with E-state index in [1.165, 1.54) is 11.6 Å². The summed E-state index contributed by atoms with van der Waals surface area (Å²) >= 11 is 0. The van der Waals surface area contributed by atoms with Gasteiger partial charge in [-0.3, -0.25) is 18.7 Å². The van der Waals surface area contributed by atoms with Crippen molar-refractivity contribution in [1.29, 1.82) is 0 Å². The maximum absolute atomic E-state index is 12.7. The first kappa shape index (κ1) is 21.3. The summed E-state index contributed by atoms with van der Waals surface area (Å²) in [6.45, 7) is 6.16. The molecule has 3 aromatic rings. The fraction of sp³-hybridized carbons (Fsp3) is 0.364. The van der Waals surface area contributed by atoms with Crippen molar-refractivity contribution in [2.24, 2.45) is 14.1 Å². The van der Waals surface area contributed by atoms with Crippen LogP contribution in [0.1, 0.15) is 30.2 Å². The van der Waals surface area contributed by atoms with Gasteiger partial charge in [-0.15, -0.1) is 0 Å². The number of fused-ring (bicyclic) bond motifs is 1. The maximum Gasteiger partial charge on any atom is 0.332 e. The van der Waals surface area contributed by atoms with E-state index in [0.717, 1.165) is 21.4 Å². The molecule has 0 unspecified atom stereocenters. The molecular weight excluding hydrogens is 384 g/mol. The number of aryl methyl sites for hydroxylation is 3. The number of benzene rings is 1. The molecule has 0 saturated heterocycles. The second-order valence-electron chi connectivity index (χ2n) is 7.21. The third kappa shape index (κ3) is 3.98. The highest BCUT2D eigenvalue weighted by atomic mass is 16.5. The van der Waals surface area contributed by atoms with E-state index in [-0.39, 0.29) is 17.9 Å². The van der Waals surface area contributed by atoms with Crippen LogP contribution in [-0.2, 0) is 25.3 Å². The van der Waals surface area contributed by atoms with Gasteiger partial charge in [0.2, 0.25) is 5.91 Å². The van der Waals surface area contributed by atoms with Gasteiger partial charge in [0.25, 0.3) is 5.56 Å². The van der Waals surface area contributed by atoms with Crippen molar-refractivity contribution >= 4 is 22.6 Å². The monoisotopic (exact) mass is 410 g/mol. The summed E-state index contributed by atoms with van der Waals surface area (Å²) in [6, 6.07) is 7.20. The lowest BCUT2D eigenvalue weighted by Gasteiger charge is -2.15. The molecule has 30 heavy (non-hydrogen) atoms. The molecule has 2 aromatic heterocycles. The second-order valence-corrected chi connectivity index (χ2v) is 7.21. The van der Waals surface area contributed by atoms with Gasteiger partial charge in [-0.05, 0) is 62.6 Å². The van der Waals surface area contributed by atoms with Crippen molar-refractivity contribution in [1.82, 2.24) is 14.1 Å². The largest absolute Gasteiger partial charge is 0.494 e. The van der Waals surface area contributed by atoms with Gasteiger partial charge in [0.1, 0.15) is 11.4 Å². The number of carbonyl (C=O) groups excluding carboxylic acids is 1. The minimum Gasteiger partial charge on any atom is -0.494 e. The van der Waals surface area contributed by atoms with Crippen molar-refractivity contribution in [2.75, 3.05) is 11.9 Å². The first-order chi connectivity index (χ1) is 14.2. The van der Waals surface area contributed by atoms with Crippen LogP contribution < -0.4 is 21.3 Å². The first-order valence-electron chi connectivity index (χ1n) is 9.83. The molecule has 8 heteroatoms. The van der Waals surface area contributed by atoms with Crippen LogP contribution in [0.2, 0.25) is 0 Å². The van der Waals surface area contributed by atoms with Crippen LogP contribution >= 0.6 is 0 Å². The Morgan fingerprint density at radius 3 is 2.40 bits per heavy atom. The van der Waals surface area contributed by atoms with E-state index < -0.39 is 5.69 Å². The molecule has 0 aliphatic rings. The number of pyridine rings is 1. The minimum absolute atomic E-state index is 0.133. The van der Waals surface area contributed by atoms with Crippen LogP contribution in [-0.4, -0.2) is 26.6 Å². The maximum atomic E-state index is 12.7. The third-order valence-corrected chi connectivity index (χ3v) is 5.22. The molecule has 3 rings (SSSR count). The number of nitrogens with zero attached hydrogens (tertiary/aromatic N) is 3. The predicted molar refractivity (Wildman–Crippen MR) is 116 cm³/mol. The quantitative estimate of drug-likeness (QED) is 0.672. The number of amides is 1. The molecule has 0 atom stereocenters. The van der Waals surface area contributed by atoms with Gasteiger partial charge < -0.3 is 10.1 Å². The van der Waals surface area contributed by atoms with Gasteiger partial charge in [-0.2, -0.15) is 0 Å². The fourth-order valence-electron chi connectivity index (χ4n) is 3.57. The molecule has 1 N–H and O–H groups in total. The van der Waals surface area contributed by atoms with Gasteiger partial charge in [0.15, 0.2) is 0 Å². The van der Waals surface area contributed by atoms with Crippen LogP contribution in [0, 0.1) is 13.8 Å². The third-order valence-electron chi connectivity index (χ3n) is 5.22. The topological polar surface area (TPSA) is 95.2 Å². The number of rotatable bonds is 6. The molecule has 0 radical (unpaired) electrons. The molecule has 0 aliphatic carbocycles. The van der Waals surface area contributed by atoms with E-state index in [4.69, 9.17) is 4.74 Å². The number of carbonyl (C=O) groups is 1. The van der Waals surface area contributed by atoms with Crippen LogP contribution in [0.5, 0.6) is 5.75 Å². The Morgan fingerprint density at radius 2 is 1.77 bits per heavy atom. The lowest BCUT2D eigenvalue weighted by atomic mass is 10.00. The van der Waals surface area contributed by atoms with E-state index in [9.17, 15) is 14.4 Å². The van der Waals surface area contributed by atoms with Gasteiger partial charge in [-0.1, -0.05) is 0 Å². The van der Waals surface area contributed by atoms with Crippen molar-refractivity contribution < 1.29 is 9.53 Å². The second kappa shape index (κ2) is 8.52. The van der Waals surface area contributed by atoms with Crippen LogP contribution in [0.3, 0.4) is 0 Å². The molecule has 2 heterocycles. The molecular formula is C22H26N4O4. The number of anilines is 1. The van der Waals surface area contributed by atoms with Crippen molar-refractivity contribution in [3.05, 3.63) is 61.9 Å². The zero-order chi connectivity index (χ0) is 22.0. The van der Waals surface area contributed by atoms with Crippen molar-refractivity contribution in [3.8, 4) is 5.75 Å². The zero-order valence-corrected chi connectivity index (χ0v) is 17.9. The van der Waals surface area contributed by atoms with Gasteiger partial charge in [0.05, 0.1) is 12.0 Å². The average Bonchev–Trinajstić information content (AvgIpc) is 2.71. The summed E-state index contributed by atoms with van der Waals surface area (Å²) in [7, 11) is 3.05. The van der Waals surface area contributed by atoms with E-state index in [1.807, 2.05) is 20.8 Å². The average molecular weight is 410 g/mol. The molecule has 0 fully saturated rings. The summed E-state index contributed by atoms with van der Waals surface area (Å²) in [5, 5.41) is 3.28. The van der Waals surface area contributed by atoms with Gasteiger partial charge >= 0.3 is 5.69 Å². The van der Waals surface area contributed by atoms with E-state index >= 15 is 0 Å². The Balaban J connectivity index is 1.83. The fourth-order valence-corrected chi connectivity index (χ4v) is 3.57. The first-order valence-corrected chi connectivity index (χ1v) is 9.83. The molecule has 0 aliphatic heterocycles. The normalized spacial score (nSPS) is 11.0. The molecule has 1 aromatic carbocycles. The molecule has 0 spiro atoms. The van der Waals surface area contributed by atoms with Crippen LogP contribution in [0.4, 0.5) is 5.69 Å². The predicted octanol–water partition coefficient (Wildman–Crippen LogP) is 2.22. The van der Waals surface area contributed by atoms with Crippen LogP contribution in [0.25, 0.3) is 11.0 Å². The lowest BCUT2D eigenvalue weighted by molar-refractivity contribution is -0.116. The Morgan fingerprint density at radius 1 is 1.10 bits per heavy atom. The number of ether oxygens (including phenoxy) is 1. The standard InChI is InChI=1S/C22H26N4O4/c1-6-30-16-9-7-15(8-10-16)24-18(27)12-11-17-13(2)19-20(23-14(17)3)25(4)22(29)26(5)21(19)28/h7-10H,6,11-12H2,1-5H3,(H,24,27). The lowest BCUT2D eigenvalue weighted by Crippen LogP contribution is -2.38. The number of hydrogen-bond acceptors (Lipinski definition) is 5. The Labute approximate surface area is 174 Å². The minimum atomic E-state index is -0.415. The van der Waals surface area contributed by atoms with E-state index in [2.05, 4.69) is 10.3 Å². The molecule has 158 valence electrons. The van der Waals surface area contributed by atoms with E-state index in [0.29, 0.717) is 35.4 Å². The van der Waals surface area contributed by atoms with Crippen molar-refractivity contribution in [2.45, 2.75) is 33.6 Å². The summed E-state index contributed by atoms with van der Waals surface area (Å²) in [6.07, 6.45) is 0.684. The smallest absolute Gasteiger partial charge is 0.332 e. The van der Waals surface area contributed by atoms with Gasteiger partial charge in [0, 0.05) is 31.9 Å². The summed E-state index contributed by atoms with van der Waals surface area (Å²) < 4.78 is 7.85. The molecule has 0 bridgehead atoms. The van der Waals surface area contributed by atoms with Gasteiger partial charge in [-0.25, -0.2) is 9.78 Å². The molecule has 8 nitrogen and oxygen atoms in total. The SMILES string of the molecule is CCOc1ccc(NC(=O)CCc2c(C)nc3c(c2C)c(=O)n(C)c(=O)n3C)cc1. The number of nitrogens with one attached hydrogen (secondary N) is 1. The zero-order valence-electron chi connectivity index (χ0n) is 17.9. The number of aromatic nitrogens is 3. The molecule has 1 amide bonds. The Kier molecular flexibility index (Phi) is 6.05. The van der Waals surface area contributed by atoms with Crippen molar-refractivity contribution in [3.63, 3.8) is 0 Å². The summed E-state index contributed by atoms with van der Waals surface area (Å²) in [5.41, 5.74) is 2.57. The highest BCUT2D eigenvalue weighted by Crippen LogP contribution is 2.21. The number of hydrogen-bond donors (Lipinski definition) is 1. The summed E-state index contributed by atoms with van der Waals surface area (Å²) in [5.74, 6) is 0.617. The highest BCUT2D eigenvalue weighted by molar-refractivity contribution is 5.91.